The van der Waals surface area contributed by atoms with Crippen LogP contribution < -0.4 is 0 Å². The zero-order chi connectivity index (χ0) is 15.8. The minimum atomic E-state index is -0.363. The van der Waals surface area contributed by atoms with Crippen LogP contribution in [0.1, 0.15) is 22.3 Å². The molecule has 0 saturated heterocycles. The van der Waals surface area contributed by atoms with Crippen LogP contribution in [-0.4, -0.2) is 0 Å². The number of nitrogens with zero attached hydrogens (tertiary/aromatic N) is 2. The Hall–Kier alpha value is -2.24. The maximum atomic E-state index is 12.6. The van der Waals surface area contributed by atoms with E-state index in [1.54, 1.807) is 19.1 Å². The molecule has 0 bridgehead atoms. The second kappa shape index (κ2) is 8.14. The molecule has 0 unspecified atom stereocenters. The van der Waals surface area contributed by atoms with Gasteiger partial charge in [0.05, 0.1) is 23.3 Å². The Morgan fingerprint density at radius 3 is 1.90 bits per heavy atom. The van der Waals surface area contributed by atoms with Crippen LogP contribution in [0, 0.1) is 41.2 Å². The molecule has 0 radical (unpaired) electrons. The molecule has 106 valence electrons. The van der Waals surface area contributed by atoms with E-state index in [-0.39, 0.29) is 11.6 Å². The van der Waals surface area contributed by atoms with Crippen LogP contribution in [0.5, 0.6) is 0 Å². The van der Waals surface area contributed by atoms with Gasteiger partial charge < -0.3 is 0 Å². The summed E-state index contributed by atoms with van der Waals surface area (Å²) in [4.78, 5) is 0. The van der Waals surface area contributed by atoms with E-state index < -0.39 is 0 Å². The van der Waals surface area contributed by atoms with Crippen molar-refractivity contribution in [3.8, 4) is 12.1 Å². The van der Waals surface area contributed by atoms with Crippen molar-refractivity contribution in [2.75, 3.05) is 0 Å². The van der Waals surface area contributed by atoms with Crippen molar-refractivity contribution in [3.63, 3.8) is 0 Å². The fourth-order valence-electron chi connectivity index (χ4n) is 1.59. The molecule has 0 aliphatic heterocycles. The molecule has 0 heterocycles. The van der Waals surface area contributed by atoms with Crippen LogP contribution in [-0.2, 0) is 5.33 Å². The van der Waals surface area contributed by atoms with Crippen molar-refractivity contribution in [2.45, 2.75) is 12.3 Å². The van der Waals surface area contributed by atoms with Gasteiger partial charge in [-0.3, -0.25) is 0 Å². The number of alkyl halides is 1. The fourth-order valence-corrected chi connectivity index (χ4v) is 1.92. The van der Waals surface area contributed by atoms with Crippen molar-refractivity contribution in [2.24, 2.45) is 0 Å². The van der Waals surface area contributed by atoms with Gasteiger partial charge in [-0.25, -0.2) is 8.78 Å². The summed E-state index contributed by atoms with van der Waals surface area (Å²) in [5.41, 5.74) is 2.29. The average molecular weight is 349 g/mol. The fraction of sp³-hybridized carbons (Fsp3) is 0.125. The highest BCUT2D eigenvalue weighted by molar-refractivity contribution is 9.08. The average Bonchev–Trinajstić information content (AvgIpc) is 2.46. The second-order valence-corrected chi connectivity index (χ2v) is 4.78. The molecule has 2 aromatic rings. The summed E-state index contributed by atoms with van der Waals surface area (Å²) >= 11 is 3.18. The zero-order valence-electron chi connectivity index (χ0n) is 11.2. The van der Waals surface area contributed by atoms with E-state index in [0.717, 1.165) is 11.1 Å². The standard InChI is InChI=1S/C8H5BrFN.C8H6FN/c9-4-6-1-7(5-11)3-8(10)2-6;1-6-2-7(5-10)4-8(9)3-6/h1-3H,4H2;2-4H,1H3. The SMILES string of the molecule is Cc1cc(F)cc(C#N)c1.N#Cc1cc(F)cc(CBr)c1. The molecule has 0 aromatic heterocycles. The number of halogens is 3. The number of rotatable bonds is 1. The Morgan fingerprint density at radius 2 is 1.43 bits per heavy atom. The molecular weight excluding hydrogens is 338 g/mol. The topological polar surface area (TPSA) is 47.6 Å². The first kappa shape index (κ1) is 16.8. The predicted octanol–water partition coefficient (Wildman–Crippen LogP) is 4.60. The lowest BCUT2D eigenvalue weighted by Gasteiger charge is -1.95. The summed E-state index contributed by atoms with van der Waals surface area (Å²) in [6, 6.07) is 12.3. The lowest BCUT2D eigenvalue weighted by Crippen LogP contribution is -1.83. The van der Waals surface area contributed by atoms with E-state index in [9.17, 15) is 8.78 Å². The Kier molecular flexibility index (Phi) is 6.52. The minimum absolute atomic E-state index is 0.350. The Balaban J connectivity index is 0.000000211. The molecule has 0 saturated carbocycles. The third kappa shape index (κ3) is 5.72. The van der Waals surface area contributed by atoms with Gasteiger partial charge in [0, 0.05) is 5.33 Å². The molecule has 0 N–H and O–H groups in total. The first-order chi connectivity index (χ1) is 9.98. The molecule has 21 heavy (non-hydrogen) atoms. The lowest BCUT2D eigenvalue weighted by molar-refractivity contribution is 0.625. The normalized spacial score (nSPS) is 9.05. The van der Waals surface area contributed by atoms with Gasteiger partial charge in [-0.15, -0.1) is 0 Å². The molecule has 0 aliphatic rings. The zero-order valence-corrected chi connectivity index (χ0v) is 12.8. The molecule has 2 nitrogen and oxygen atoms in total. The van der Waals surface area contributed by atoms with Crippen molar-refractivity contribution in [1.82, 2.24) is 0 Å². The molecule has 2 aromatic carbocycles. The molecule has 2 rings (SSSR count). The van der Waals surface area contributed by atoms with Crippen LogP contribution >= 0.6 is 15.9 Å². The van der Waals surface area contributed by atoms with Crippen molar-refractivity contribution in [1.29, 1.82) is 10.5 Å². The van der Waals surface area contributed by atoms with E-state index in [1.165, 1.54) is 24.3 Å². The van der Waals surface area contributed by atoms with Gasteiger partial charge in [0.25, 0.3) is 0 Å². The highest BCUT2D eigenvalue weighted by atomic mass is 79.9. The van der Waals surface area contributed by atoms with Gasteiger partial charge in [0.15, 0.2) is 0 Å². The lowest BCUT2D eigenvalue weighted by atomic mass is 10.1. The summed E-state index contributed by atoms with van der Waals surface area (Å²) < 4.78 is 25.1. The van der Waals surface area contributed by atoms with Gasteiger partial charge in [-0.2, -0.15) is 10.5 Å². The molecule has 0 spiro atoms. The van der Waals surface area contributed by atoms with Crippen molar-refractivity contribution < 1.29 is 8.78 Å². The Labute approximate surface area is 130 Å². The minimum Gasteiger partial charge on any atom is -0.207 e. The monoisotopic (exact) mass is 348 g/mol. The Morgan fingerprint density at radius 1 is 0.905 bits per heavy atom. The van der Waals surface area contributed by atoms with E-state index in [2.05, 4.69) is 15.9 Å². The quantitative estimate of drug-likeness (QED) is 0.707. The third-order valence-corrected chi connectivity index (χ3v) is 3.06. The molecular formula is C16H11BrF2N2. The van der Waals surface area contributed by atoms with Gasteiger partial charge in [0.1, 0.15) is 11.6 Å². The highest BCUT2D eigenvalue weighted by Gasteiger charge is 1.98. The van der Waals surface area contributed by atoms with Crippen LogP contribution in [0.3, 0.4) is 0 Å². The smallest absolute Gasteiger partial charge is 0.124 e. The molecule has 0 fully saturated rings. The van der Waals surface area contributed by atoms with Crippen LogP contribution in [0.15, 0.2) is 36.4 Å². The van der Waals surface area contributed by atoms with Gasteiger partial charge in [0.2, 0.25) is 0 Å². The molecule has 0 atom stereocenters. The molecule has 5 heteroatoms. The summed E-state index contributed by atoms with van der Waals surface area (Å²) in [7, 11) is 0. The van der Waals surface area contributed by atoms with E-state index >= 15 is 0 Å². The summed E-state index contributed by atoms with van der Waals surface area (Å²) in [6.45, 7) is 1.75. The summed E-state index contributed by atoms with van der Waals surface area (Å²) in [5, 5.41) is 17.4. The van der Waals surface area contributed by atoms with Gasteiger partial charge in [-0.1, -0.05) is 15.9 Å². The van der Waals surface area contributed by atoms with Crippen LogP contribution in [0.25, 0.3) is 0 Å². The number of hydrogen-bond acceptors (Lipinski definition) is 2. The maximum absolute atomic E-state index is 12.6. The Bertz CT molecular complexity index is 695. The van der Waals surface area contributed by atoms with E-state index in [1.807, 2.05) is 12.1 Å². The summed E-state index contributed by atoms with van der Waals surface area (Å²) in [5.74, 6) is -0.713. The van der Waals surface area contributed by atoms with Crippen LogP contribution in [0.4, 0.5) is 8.78 Å². The largest absolute Gasteiger partial charge is 0.207 e. The summed E-state index contributed by atoms with van der Waals surface area (Å²) in [6.07, 6.45) is 0. The molecule has 0 aliphatic carbocycles. The highest BCUT2D eigenvalue weighted by Crippen LogP contribution is 2.11. The van der Waals surface area contributed by atoms with Crippen molar-refractivity contribution in [3.05, 3.63) is 70.3 Å². The third-order valence-electron chi connectivity index (χ3n) is 2.41. The van der Waals surface area contributed by atoms with Crippen molar-refractivity contribution >= 4 is 15.9 Å². The number of aryl methyl sites for hydroxylation is 1. The maximum Gasteiger partial charge on any atom is 0.124 e. The van der Waals surface area contributed by atoms with E-state index in [0.29, 0.717) is 16.5 Å². The first-order valence-electron chi connectivity index (χ1n) is 5.91. The predicted molar refractivity (Wildman–Crippen MR) is 79.6 cm³/mol. The van der Waals surface area contributed by atoms with Gasteiger partial charge in [-0.05, 0) is 54.4 Å². The molecule has 0 amide bonds. The first-order valence-corrected chi connectivity index (χ1v) is 7.03. The number of hydrogen-bond donors (Lipinski definition) is 0. The second-order valence-electron chi connectivity index (χ2n) is 4.22. The van der Waals surface area contributed by atoms with E-state index in [4.69, 9.17) is 10.5 Å². The number of nitriles is 2. The number of benzene rings is 2. The van der Waals surface area contributed by atoms with Gasteiger partial charge >= 0.3 is 0 Å². The van der Waals surface area contributed by atoms with Crippen LogP contribution in [0.2, 0.25) is 0 Å².